The first-order valence-electron chi connectivity index (χ1n) is 8.06. The first-order chi connectivity index (χ1) is 10.9. The van der Waals surface area contributed by atoms with Crippen LogP contribution in [0.3, 0.4) is 0 Å². The van der Waals surface area contributed by atoms with E-state index in [9.17, 15) is 13.2 Å². The minimum absolute atomic E-state index is 0.0192. The highest BCUT2D eigenvalue weighted by Gasteiger charge is 2.27. The number of nitrogens with one attached hydrogen (secondary N) is 2. The van der Waals surface area contributed by atoms with E-state index in [-0.39, 0.29) is 23.6 Å². The average molecular weight is 339 g/mol. The number of anilines is 2. The summed E-state index contributed by atoms with van der Waals surface area (Å²) in [6.07, 6.45) is 3.89. The molecule has 0 aliphatic heterocycles. The van der Waals surface area contributed by atoms with Crippen molar-refractivity contribution in [1.82, 2.24) is 0 Å². The maximum atomic E-state index is 12.1. The van der Waals surface area contributed by atoms with Crippen molar-refractivity contribution in [3.8, 4) is 0 Å². The van der Waals surface area contributed by atoms with Gasteiger partial charge in [-0.2, -0.15) is 0 Å². The largest absolute Gasteiger partial charge is 0.328 e. The maximum Gasteiger partial charge on any atom is 0.232 e. The number of unbranched alkanes of at least 4 members (excludes halogenated alkanes) is 1. The molecule has 4 N–H and O–H groups in total. The van der Waals surface area contributed by atoms with Crippen LogP contribution in [0.15, 0.2) is 24.3 Å². The molecule has 2 unspecified atom stereocenters. The lowest BCUT2D eigenvalue weighted by molar-refractivity contribution is -0.119. The molecule has 0 heterocycles. The van der Waals surface area contributed by atoms with Gasteiger partial charge in [-0.05, 0) is 49.9 Å². The number of nitrogens with two attached hydrogens (primary N) is 1. The molecular formula is C16H25N3O3S. The van der Waals surface area contributed by atoms with Gasteiger partial charge in [-0.25, -0.2) is 8.42 Å². The van der Waals surface area contributed by atoms with Crippen molar-refractivity contribution in [3.63, 3.8) is 0 Å². The number of sulfonamides is 1. The van der Waals surface area contributed by atoms with Crippen LogP contribution in [0.25, 0.3) is 0 Å². The van der Waals surface area contributed by atoms with E-state index >= 15 is 0 Å². The molecule has 2 atom stereocenters. The maximum absolute atomic E-state index is 12.1. The Bertz CT molecular complexity index is 628. The summed E-state index contributed by atoms with van der Waals surface area (Å²) in [7, 11) is -3.30. The van der Waals surface area contributed by atoms with Crippen LogP contribution < -0.4 is 15.8 Å². The predicted molar refractivity (Wildman–Crippen MR) is 92.7 cm³/mol. The van der Waals surface area contributed by atoms with E-state index in [0.29, 0.717) is 17.8 Å². The normalized spacial score (nSPS) is 21.1. The zero-order valence-corrected chi connectivity index (χ0v) is 14.2. The van der Waals surface area contributed by atoms with Crippen molar-refractivity contribution in [2.75, 3.05) is 15.8 Å². The van der Waals surface area contributed by atoms with Gasteiger partial charge in [0.25, 0.3) is 0 Å². The van der Waals surface area contributed by atoms with Crippen molar-refractivity contribution in [3.05, 3.63) is 24.3 Å². The molecule has 1 aliphatic carbocycles. The molecular weight excluding hydrogens is 314 g/mol. The van der Waals surface area contributed by atoms with Crippen LogP contribution in [0.4, 0.5) is 11.4 Å². The minimum Gasteiger partial charge on any atom is -0.328 e. The minimum atomic E-state index is -3.30. The van der Waals surface area contributed by atoms with Crippen LogP contribution in [-0.2, 0) is 14.8 Å². The first-order valence-corrected chi connectivity index (χ1v) is 9.72. The van der Waals surface area contributed by atoms with Gasteiger partial charge >= 0.3 is 0 Å². The molecule has 1 amide bonds. The third-order valence-corrected chi connectivity index (χ3v) is 5.41. The monoisotopic (exact) mass is 339 g/mol. The Kier molecular flexibility index (Phi) is 6.01. The first kappa shape index (κ1) is 17.7. The summed E-state index contributed by atoms with van der Waals surface area (Å²) in [5, 5.41) is 2.86. The Morgan fingerprint density at radius 3 is 2.43 bits per heavy atom. The zero-order chi connectivity index (χ0) is 16.9. The molecule has 1 aromatic rings. The van der Waals surface area contributed by atoms with E-state index in [0.717, 1.165) is 25.7 Å². The van der Waals surface area contributed by atoms with E-state index in [1.807, 2.05) is 6.92 Å². The van der Waals surface area contributed by atoms with Crippen molar-refractivity contribution in [1.29, 1.82) is 0 Å². The van der Waals surface area contributed by atoms with E-state index in [4.69, 9.17) is 5.73 Å². The van der Waals surface area contributed by atoms with Gasteiger partial charge in [0.2, 0.25) is 15.9 Å². The smallest absolute Gasteiger partial charge is 0.232 e. The molecule has 1 aliphatic rings. The van der Waals surface area contributed by atoms with Gasteiger partial charge < -0.3 is 11.1 Å². The number of hydrogen-bond donors (Lipinski definition) is 3. The molecule has 1 saturated carbocycles. The fourth-order valence-corrected chi connectivity index (χ4v) is 3.95. The highest BCUT2D eigenvalue weighted by Crippen LogP contribution is 2.25. The van der Waals surface area contributed by atoms with Gasteiger partial charge in [0.15, 0.2) is 0 Å². The van der Waals surface area contributed by atoms with Gasteiger partial charge in [0.1, 0.15) is 0 Å². The third-order valence-electron chi connectivity index (χ3n) is 4.04. The van der Waals surface area contributed by atoms with E-state index in [2.05, 4.69) is 10.0 Å². The number of carbonyl (C=O) groups is 1. The highest BCUT2D eigenvalue weighted by molar-refractivity contribution is 7.92. The Hall–Kier alpha value is -1.60. The fourth-order valence-electron chi connectivity index (χ4n) is 2.69. The van der Waals surface area contributed by atoms with E-state index < -0.39 is 10.0 Å². The van der Waals surface area contributed by atoms with Crippen LogP contribution >= 0.6 is 0 Å². The van der Waals surface area contributed by atoms with Crippen LogP contribution in [0, 0.1) is 5.92 Å². The summed E-state index contributed by atoms with van der Waals surface area (Å²) in [5.41, 5.74) is 6.99. The SMILES string of the molecule is CCCCS(=O)(=O)Nc1ccc(NC(=O)C2CCC(N)C2)cc1. The number of benzene rings is 1. The van der Waals surface area contributed by atoms with Crippen LogP contribution in [0.1, 0.15) is 39.0 Å². The summed E-state index contributed by atoms with van der Waals surface area (Å²) in [6, 6.07) is 6.82. The molecule has 0 bridgehead atoms. The standard InChI is InChI=1S/C16H25N3O3S/c1-2-3-10-23(21,22)19-15-8-6-14(7-9-15)18-16(20)12-4-5-13(17)11-12/h6-9,12-13,19H,2-5,10-11,17H2,1H3,(H,18,20). The molecule has 128 valence electrons. The summed E-state index contributed by atoms with van der Waals surface area (Å²) in [6.45, 7) is 1.95. The molecule has 0 spiro atoms. The lowest BCUT2D eigenvalue weighted by Crippen LogP contribution is -2.23. The Labute approximate surface area is 137 Å². The summed E-state index contributed by atoms with van der Waals surface area (Å²) >= 11 is 0. The van der Waals surface area contributed by atoms with Crippen LogP contribution in [0.2, 0.25) is 0 Å². The van der Waals surface area contributed by atoms with E-state index in [1.54, 1.807) is 24.3 Å². The van der Waals surface area contributed by atoms with Gasteiger partial charge in [0, 0.05) is 23.3 Å². The highest BCUT2D eigenvalue weighted by atomic mass is 32.2. The molecule has 2 rings (SSSR count). The number of carbonyl (C=O) groups excluding carboxylic acids is 1. The number of rotatable bonds is 7. The number of hydrogen-bond acceptors (Lipinski definition) is 4. The van der Waals surface area contributed by atoms with E-state index in [1.165, 1.54) is 0 Å². The molecule has 23 heavy (non-hydrogen) atoms. The Balaban J connectivity index is 1.90. The quantitative estimate of drug-likeness (QED) is 0.709. The molecule has 1 fully saturated rings. The van der Waals surface area contributed by atoms with Crippen LogP contribution in [0.5, 0.6) is 0 Å². The summed E-state index contributed by atoms with van der Waals surface area (Å²) in [4.78, 5) is 12.1. The Morgan fingerprint density at radius 1 is 1.22 bits per heavy atom. The summed E-state index contributed by atoms with van der Waals surface area (Å²) < 4.78 is 26.2. The molecule has 0 radical (unpaired) electrons. The lowest BCUT2D eigenvalue weighted by Gasteiger charge is -2.12. The van der Waals surface area contributed by atoms with Crippen LogP contribution in [-0.4, -0.2) is 26.1 Å². The Morgan fingerprint density at radius 2 is 1.87 bits per heavy atom. The fraction of sp³-hybridized carbons (Fsp3) is 0.562. The van der Waals surface area contributed by atoms with Gasteiger partial charge in [-0.1, -0.05) is 13.3 Å². The lowest BCUT2D eigenvalue weighted by atomic mass is 10.1. The topological polar surface area (TPSA) is 101 Å². The molecule has 1 aromatic carbocycles. The third kappa shape index (κ3) is 5.51. The second kappa shape index (κ2) is 7.79. The van der Waals surface area contributed by atoms with Gasteiger partial charge in [0.05, 0.1) is 5.75 Å². The van der Waals surface area contributed by atoms with Crippen molar-refractivity contribution in [2.45, 2.75) is 45.1 Å². The van der Waals surface area contributed by atoms with Crippen molar-refractivity contribution < 1.29 is 13.2 Å². The number of amides is 1. The van der Waals surface area contributed by atoms with Crippen molar-refractivity contribution >= 4 is 27.3 Å². The summed E-state index contributed by atoms with van der Waals surface area (Å²) in [5.74, 6) is 0.0654. The zero-order valence-electron chi connectivity index (χ0n) is 13.4. The van der Waals surface area contributed by atoms with Gasteiger partial charge in [-0.3, -0.25) is 9.52 Å². The second-order valence-electron chi connectivity index (χ2n) is 6.11. The van der Waals surface area contributed by atoms with Gasteiger partial charge in [-0.15, -0.1) is 0 Å². The molecule has 7 heteroatoms. The predicted octanol–water partition coefficient (Wildman–Crippen LogP) is 2.29. The average Bonchev–Trinajstić information content (AvgIpc) is 2.94. The second-order valence-corrected chi connectivity index (χ2v) is 7.95. The van der Waals surface area contributed by atoms with Crippen molar-refractivity contribution in [2.24, 2.45) is 11.7 Å². The molecule has 0 saturated heterocycles. The molecule has 6 nitrogen and oxygen atoms in total. The molecule has 0 aromatic heterocycles.